The van der Waals surface area contributed by atoms with Crippen LogP contribution in [0.3, 0.4) is 0 Å². The normalized spacial score (nSPS) is 10.8. The highest BCUT2D eigenvalue weighted by Gasteiger charge is 2.08. The van der Waals surface area contributed by atoms with Crippen molar-refractivity contribution >= 4 is 16.9 Å². The molecule has 0 atom stereocenters. The predicted molar refractivity (Wildman–Crippen MR) is 83.8 cm³/mol. The van der Waals surface area contributed by atoms with Crippen LogP contribution in [0.1, 0.15) is 21.6 Å². The summed E-state index contributed by atoms with van der Waals surface area (Å²) in [7, 11) is 1.39. The Morgan fingerprint density at radius 2 is 2.00 bits per heavy atom. The van der Waals surface area contributed by atoms with Crippen LogP contribution >= 0.6 is 0 Å². The maximum Gasteiger partial charge on any atom is 0.337 e. The average Bonchev–Trinajstić information content (AvgIpc) is 2.89. The molecule has 0 radical (unpaired) electrons. The van der Waals surface area contributed by atoms with E-state index >= 15 is 0 Å². The summed E-state index contributed by atoms with van der Waals surface area (Å²) in [4.78, 5) is 15.6. The van der Waals surface area contributed by atoms with Crippen LogP contribution in [0, 0.1) is 6.92 Å². The first-order valence-electron chi connectivity index (χ1n) is 7.13. The minimum Gasteiger partial charge on any atom is -0.465 e. The van der Waals surface area contributed by atoms with E-state index in [0.29, 0.717) is 5.56 Å². The summed E-state index contributed by atoms with van der Waals surface area (Å²) >= 11 is 0. The summed E-state index contributed by atoms with van der Waals surface area (Å²) in [5.74, 6) is -0.312. The largest absolute Gasteiger partial charge is 0.465 e. The molecule has 0 saturated carbocycles. The highest BCUT2D eigenvalue weighted by Crippen LogP contribution is 2.17. The van der Waals surface area contributed by atoms with Gasteiger partial charge >= 0.3 is 5.97 Å². The topological polar surface area (TPSA) is 57.0 Å². The van der Waals surface area contributed by atoms with Crippen molar-refractivity contribution in [1.29, 1.82) is 0 Å². The number of nitrogens with zero attached hydrogens (tertiary/aromatic N) is 3. The lowest BCUT2D eigenvalue weighted by molar-refractivity contribution is 0.0600. The number of carbonyl (C=O) groups is 1. The maximum absolute atomic E-state index is 11.4. The van der Waals surface area contributed by atoms with Gasteiger partial charge in [-0.25, -0.2) is 4.79 Å². The van der Waals surface area contributed by atoms with Crippen molar-refractivity contribution in [2.45, 2.75) is 19.9 Å². The minimum absolute atomic E-state index is 0.312. The molecule has 0 N–H and O–H groups in total. The summed E-state index contributed by atoms with van der Waals surface area (Å²) in [5.41, 5.74) is 3.81. The van der Waals surface area contributed by atoms with Gasteiger partial charge in [0, 0.05) is 24.3 Å². The van der Waals surface area contributed by atoms with Gasteiger partial charge in [-0.05, 0) is 37.1 Å². The van der Waals surface area contributed by atoms with E-state index in [9.17, 15) is 4.79 Å². The molecule has 112 valence electrons. The zero-order valence-electron chi connectivity index (χ0n) is 12.6. The lowest BCUT2D eigenvalue weighted by Crippen LogP contribution is -2.04. The quantitative estimate of drug-likeness (QED) is 0.694. The molecule has 2 aromatic heterocycles. The molecule has 0 bridgehead atoms. The molecule has 0 saturated heterocycles. The molecule has 22 heavy (non-hydrogen) atoms. The van der Waals surface area contributed by atoms with Crippen LogP contribution in [0.2, 0.25) is 0 Å². The molecule has 3 aromatic rings. The minimum atomic E-state index is -0.312. The fraction of sp³-hybridized carbons (Fsp3) is 0.235. The maximum atomic E-state index is 11.4. The molecule has 3 rings (SSSR count). The van der Waals surface area contributed by atoms with E-state index in [1.165, 1.54) is 7.11 Å². The van der Waals surface area contributed by atoms with Crippen molar-refractivity contribution < 1.29 is 9.53 Å². The summed E-state index contributed by atoms with van der Waals surface area (Å²) < 4.78 is 6.70. The smallest absolute Gasteiger partial charge is 0.337 e. The van der Waals surface area contributed by atoms with Gasteiger partial charge in [-0.1, -0.05) is 12.1 Å². The number of hydrogen-bond acceptors (Lipinski definition) is 4. The van der Waals surface area contributed by atoms with Gasteiger partial charge in [0.25, 0.3) is 0 Å². The first-order chi connectivity index (χ1) is 10.7. The Hall–Kier alpha value is -2.69. The Morgan fingerprint density at radius 3 is 2.73 bits per heavy atom. The van der Waals surface area contributed by atoms with E-state index in [1.54, 1.807) is 18.3 Å². The van der Waals surface area contributed by atoms with Crippen LogP contribution in [0.5, 0.6) is 0 Å². The van der Waals surface area contributed by atoms with Gasteiger partial charge in [-0.15, -0.1) is 0 Å². The van der Waals surface area contributed by atoms with Crippen LogP contribution in [-0.4, -0.2) is 27.8 Å². The van der Waals surface area contributed by atoms with Gasteiger partial charge in [-0.3, -0.25) is 9.67 Å². The molecule has 1 aromatic carbocycles. The van der Waals surface area contributed by atoms with E-state index < -0.39 is 0 Å². The van der Waals surface area contributed by atoms with Gasteiger partial charge in [0.1, 0.15) is 0 Å². The third kappa shape index (κ3) is 2.70. The van der Waals surface area contributed by atoms with Crippen molar-refractivity contribution in [1.82, 2.24) is 14.8 Å². The Balaban J connectivity index is 1.75. The molecule has 0 spiro atoms. The number of pyridine rings is 1. The summed E-state index contributed by atoms with van der Waals surface area (Å²) in [5, 5.41) is 5.65. The van der Waals surface area contributed by atoms with Gasteiger partial charge < -0.3 is 4.74 Å². The second-order valence-electron chi connectivity index (χ2n) is 5.14. The number of hydrogen-bond donors (Lipinski definition) is 0. The molecule has 0 aliphatic heterocycles. The van der Waals surface area contributed by atoms with Gasteiger partial charge in [0.2, 0.25) is 0 Å². The first kappa shape index (κ1) is 14.3. The number of rotatable bonds is 4. The van der Waals surface area contributed by atoms with Gasteiger partial charge in [0.15, 0.2) is 0 Å². The number of fused-ring (bicyclic) bond motifs is 1. The standard InChI is InChI=1S/C17H17N3O2/c1-12-15-11-18-9-7-16(15)20(19-12)10-8-13-3-5-14(6-4-13)17(21)22-2/h3-7,9,11H,8,10H2,1-2H3. The second kappa shape index (κ2) is 5.97. The van der Waals surface area contributed by atoms with Crippen molar-refractivity contribution in [2.24, 2.45) is 0 Å². The molecular formula is C17H17N3O2. The number of carbonyl (C=O) groups excluding carboxylic acids is 1. The zero-order valence-corrected chi connectivity index (χ0v) is 12.6. The Bertz CT molecular complexity index is 806. The lowest BCUT2D eigenvalue weighted by Gasteiger charge is -2.05. The number of esters is 1. The molecule has 0 aliphatic carbocycles. The second-order valence-corrected chi connectivity index (χ2v) is 5.14. The highest BCUT2D eigenvalue weighted by atomic mass is 16.5. The Morgan fingerprint density at radius 1 is 1.23 bits per heavy atom. The zero-order chi connectivity index (χ0) is 15.5. The summed E-state index contributed by atoms with van der Waals surface area (Å²) in [6.07, 6.45) is 4.48. The number of benzene rings is 1. The van der Waals surface area contributed by atoms with Crippen molar-refractivity contribution in [3.63, 3.8) is 0 Å². The SMILES string of the molecule is COC(=O)c1ccc(CCn2nc(C)c3cnccc32)cc1. The molecule has 0 amide bonds. The molecule has 5 heteroatoms. The van der Waals surface area contributed by atoms with E-state index in [4.69, 9.17) is 4.74 Å². The van der Waals surface area contributed by atoms with Crippen molar-refractivity contribution in [3.8, 4) is 0 Å². The average molecular weight is 295 g/mol. The Labute approximate surface area is 128 Å². The van der Waals surface area contributed by atoms with Gasteiger partial charge in [-0.2, -0.15) is 5.10 Å². The van der Waals surface area contributed by atoms with E-state index in [0.717, 1.165) is 35.1 Å². The third-order valence-corrected chi connectivity index (χ3v) is 3.72. The Kier molecular flexibility index (Phi) is 3.87. The van der Waals surface area contributed by atoms with Crippen LogP contribution in [0.4, 0.5) is 0 Å². The van der Waals surface area contributed by atoms with Gasteiger partial charge in [0.05, 0.1) is 23.9 Å². The first-order valence-corrected chi connectivity index (χ1v) is 7.13. The summed E-state index contributed by atoms with van der Waals surface area (Å²) in [6.45, 7) is 2.78. The number of methoxy groups -OCH3 is 1. The van der Waals surface area contributed by atoms with E-state index in [1.807, 2.05) is 36.0 Å². The lowest BCUT2D eigenvalue weighted by atomic mass is 10.1. The molecule has 0 aliphatic rings. The van der Waals surface area contributed by atoms with Crippen molar-refractivity contribution in [3.05, 3.63) is 59.5 Å². The van der Waals surface area contributed by atoms with E-state index in [2.05, 4.69) is 10.1 Å². The highest BCUT2D eigenvalue weighted by molar-refractivity contribution is 5.89. The molecule has 0 unspecified atom stereocenters. The monoisotopic (exact) mass is 295 g/mol. The molecular weight excluding hydrogens is 278 g/mol. The fourth-order valence-corrected chi connectivity index (χ4v) is 2.51. The number of aromatic nitrogens is 3. The summed E-state index contributed by atoms with van der Waals surface area (Å²) in [6, 6.07) is 9.46. The predicted octanol–water partition coefficient (Wildman–Crippen LogP) is 2.77. The fourth-order valence-electron chi connectivity index (χ4n) is 2.51. The van der Waals surface area contributed by atoms with Crippen LogP contribution < -0.4 is 0 Å². The molecule has 5 nitrogen and oxygen atoms in total. The third-order valence-electron chi connectivity index (χ3n) is 3.72. The number of ether oxygens (including phenoxy) is 1. The van der Waals surface area contributed by atoms with Crippen molar-refractivity contribution in [2.75, 3.05) is 7.11 Å². The van der Waals surface area contributed by atoms with E-state index in [-0.39, 0.29) is 5.97 Å². The van der Waals surface area contributed by atoms with Crippen LogP contribution in [-0.2, 0) is 17.7 Å². The number of aryl methyl sites for hydroxylation is 3. The molecule has 0 fully saturated rings. The molecule has 2 heterocycles. The van der Waals surface area contributed by atoms with Crippen LogP contribution in [0.25, 0.3) is 10.9 Å². The van der Waals surface area contributed by atoms with Crippen LogP contribution in [0.15, 0.2) is 42.7 Å².